The van der Waals surface area contributed by atoms with Gasteiger partial charge in [0.2, 0.25) is 5.91 Å². The monoisotopic (exact) mass is 327 g/mol. The Morgan fingerprint density at radius 1 is 1.14 bits per heavy atom. The number of Topliss-reactive ketones (excluding diaryl/α,β-unsaturated/α-hetero) is 1. The van der Waals surface area contributed by atoms with Crippen molar-refractivity contribution in [2.24, 2.45) is 0 Å². The molecule has 22 heavy (non-hydrogen) atoms. The first-order valence-corrected chi connectivity index (χ1v) is 8.25. The molecule has 0 saturated heterocycles. The topological polar surface area (TPSA) is 107 Å². The van der Waals surface area contributed by atoms with Gasteiger partial charge in [-0.1, -0.05) is 12.1 Å². The third kappa shape index (κ3) is 5.28. The Bertz CT molecular complexity index is 678. The lowest BCUT2D eigenvalue weighted by Gasteiger charge is -2.16. The number of ether oxygens (including phenoxy) is 1. The van der Waals surface area contributed by atoms with Gasteiger partial charge in [-0.15, -0.1) is 0 Å². The van der Waals surface area contributed by atoms with E-state index in [9.17, 15) is 22.8 Å². The normalized spacial score (nSPS) is 12.3. The molecular weight excluding hydrogens is 310 g/mol. The predicted octanol–water partition coefficient (Wildman–Crippen LogP) is 0.341. The number of carbonyl (C=O) groups excluding carboxylic acids is 3. The van der Waals surface area contributed by atoms with Crippen LogP contribution in [0, 0.1) is 0 Å². The third-order valence-electron chi connectivity index (χ3n) is 2.71. The molecule has 8 heteroatoms. The second-order valence-corrected chi connectivity index (χ2v) is 6.73. The summed E-state index contributed by atoms with van der Waals surface area (Å²) in [7, 11) is -3.36. The van der Waals surface area contributed by atoms with Crippen molar-refractivity contribution in [2.75, 3.05) is 12.9 Å². The minimum Gasteiger partial charge on any atom is -0.463 e. The van der Waals surface area contributed by atoms with Gasteiger partial charge >= 0.3 is 5.97 Å². The summed E-state index contributed by atoms with van der Waals surface area (Å²) in [4.78, 5) is 34.4. The molecular formula is C14H17NO6S. The minimum atomic E-state index is -3.36. The molecule has 1 aromatic carbocycles. The smallest absolute Gasteiger partial charge is 0.302 e. The van der Waals surface area contributed by atoms with Crippen LogP contribution in [0.15, 0.2) is 29.2 Å². The number of rotatable bonds is 6. The van der Waals surface area contributed by atoms with Crippen LogP contribution in [0.3, 0.4) is 0 Å². The predicted molar refractivity (Wildman–Crippen MR) is 78.1 cm³/mol. The minimum absolute atomic E-state index is 0.0834. The number of benzene rings is 1. The van der Waals surface area contributed by atoms with Crippen molar-refractivity contribution in [2.45, 2.75) is 24.8 Å². The Kier molecular flexibility index (Phi) is 5.81. The van der Waals surface area contributed by atoms with Crippen LogP contribution in [0.1, 0.15) is 24.2 Å². The van der Waals surface area contributed by atoms with Crippen LogP contribution in [0.2, 0.25) is 0 Å². The highest BCUT2D eigenvalue weighted by Crippen LogP contribution is 2.12. The highest BCUT2D eigenvalue weighted by atomic mass is 32.2. The summed E-state index contributed by atoms with van der Waals surface area (Å²) in [5.74, 6) is -1.50. The number of sulfone groups is 1. The molecule has 7 nitrogen and oxygen atoms in total. The van der Waals surface area contributed by atoms with Crippen LogP contribution < -0.4 is 5.32 Å². The Morgan fingerprint density at radius 2 is 1.68 bits per heavy atom. The average molecular weight is 327 g/mol. The van der Waals surface area contributed by atoms with E-state index in [-0.39, 0.29) is 17.1 Å². The molecule has 1 rings (SSSR count). The van der Waals surface area contributed by atoms with Gasteiger partial charge in [-0.3, -0.25) is 14.4 Å². The second-order valence-electron chi connectivity index (χ2n) is 4.72. The van der Waals surface area contributed by atoms with Crippen LogP contribution in [-0.2, 0) is 24.2 Å². The molecule has 0 bridgehead atoms. The second kappa shape index (κ2) is 7.17. The Morgan fingerprint density at radius 3 is 2.09 bits per heavy atom. The van der Waals surface area contributed by atoms with Gasteiger partial charge in [-0.25, -0.2) is 8.42 Å². The summed E-state index contributed by atoms with van der Waals surface area (Å²) >= 11 is 0. The van der Waals surface area contributed by atoms with E-state index in [1.807, 2.05) is 0 Å². The molecule has 0 aromatic heterocycles. The van der Waals surface area contributed by atoms with Crippen LogP contribution in [0.4, 0.5) is 0 Å². The lowest BCUT2D eigenvalue weighted by Crippen LogP contribution is -2.43. The first kappa shape index (κ1) is 17.8. The van der Waals surface area contributed by atoms with E-state index >= 15 is 0 Å². The fraction of sp³-hybridized carbons (Fsp3) is 0.357. The molecule has 0 heterocycles. The van der Waals surface area contributed by atoms with Crippen molar-refractivity contribution in [3.8, 4) is 0 Å². The highest BCUT2D eigenvalue weighted by Gasteiger charge is 2.22. The van der Waals surface area contributed by atoms with Crippen LogP contribution in [0.25, 0.3) is 0 Å². The molecule has 0 fully saturated rings. The number of hydrogen-bond donors (Lipinski definition) is 1. The van der Waals surface area contributed by atoms with Crippen LogP contribution >= 0.6 is 0 Å². The number of nitrogens with one attached hydrogen (secondary N) is 1. The van der Waals surface area contributed by atoms with Crippen LogP contribution in [0.5, 0.6) is 0 Å². The number of amides is 1. The molecule has 1 N–H and O–H groups in total. The van der Waals surface area contributed by atoms with Gasteiger partial charge in [0.15, 0.2) is 15.6 Å². The highest BCUT2D eigenvalue weighted by molar-refractivity contribution is 7.90. The third-order valence-corrected chi connectivity index (χ3v) is 3.84. The molecule has 1 atom stereocenters. The maximum atomic E-state index is 12.3. The first-order chi connectivity index (χ1) is 10.1. The van der Waals surface area contributed by atoms with Crippen molar-refractivity contribution >= 4 is 27.5 Å². The Hall–Kier alpha value is -2.22. The van der Waals surface area contributed by atoms with E-state index in [1.54, 1.807) is 0 Å². The molecule has 1 aromatic rings. The van der Waals surface area contributed by atoms with Gasteiger partial charge in [-0.2, -0.15) is 0 Å². The molecule has 0 aliphatic heterocycles. The SMILES string of the molecule is CC(=O)N[C@@H](COC(C)=O)C(=O)c1ccc(S(C)(=O)=O)cc1. The average Bonchev–Trinajstić information content (AvgIpc) is 2.41. The summed E-state index contributed by atoms with van der Waals surface area (Å²) in [6, 6.07) is 4.28. The largest absolute Gasteiger partial charge is 0.463 e. The molecule has 0 aliphatic carbocycles. The fourth-order valence-electron chi connectivity index (χ4n) is 1.70. The van der Waals surface area contributed by atoms with Gasteiger partial charge in [0.05, 0.1) is 4.90 Å². The molecule has 0 spiro atoms. The summed E-state index contributed by atoms with van der Waals surface area (Å²) < 4.78 is 27.5. The zero-order valence-corrected chi connectivity index (χ0v) is 13.3. The summed E-state index contributed by atoms with van der Waals surface area (Å²) in [6.45, 7) is 2.14. The number of esters is 1. The quantitative estimate of drug-likeness (QED) is 0.596. The van der Waals surface area contributed by atoms with E-state index < -0.39 is 33.5 Å². The zero-order chi connectivity index (χ0) is 16.9. The molecule has 0 radical (unpaired) electrons. The molecule has 0 unspecified atom stereocenters. The first-order valence-electron chi connectivity index (χ1n) is 6.36. The molecule has 0 saturated carbocycles. The summed E-state index contributed by atoms with van der Waals surface area (Å²) in [6.07, 6.45) is 1.06. The van der Waals surface area contributed by atoms with E-state index in [0.717, 1.165) is 6.26 Å². The standard InChI is InChI=1S/C14H17NO6S/c1-9(16)15-13(8-21-10(2)17)14(18)11-4-6-12(7-5-11)22(3,19)20/h4-7,13H,8H2,1-3H3,(H,15,16)/t13-/m0/s1. The van der Waals surface area contributed by atoms with Gasteiger partial charge in [0.1, 0.15) is 12.6 Å². The maximum Gasteiger partial charge on any atom is 0.302 e. The van der Waals surface area contributed by atoms with Gasteiger partial charge in [0, 0.05) is 25.7 Å². The molecule has 0 aliphatic rings. The van der Waals surface area contributed by atoms with E-state index in [1.165, 1.54) is 38.1 Å². The van der Waals surface area contributed by atoms with Crippen molar-refractivity contribution in [1.29, 1.82) is 0 Å². The van der Waals surface area contributed by atoms with Gasteiger partial charge in [0.25, 0.3) is 0 Å². The van der Waals surface area contributed by atoms with Crippen molar-refractivity contribution in [3.63, 3.8) is 0 Å². The summed E-state index contributed by atoms with van der Waals surface area (Å²) in [5.41, 5.74) is 0.207. The van der Waals surface area contributed by atoms with Gasteiger partial charge in [-0.05, 0) is 12.1 Å². The van der Waals surface area contributed by atoms with E-state index in [0.29, 0.717) is 0 Å². The van der Waals surface area contributed by atoms with Crippen molar-refractivity contribution in [1.82, 2.24) is 5.32 Å². The maximum absolute atomic E-state index is 12.3. The zero-order valence-electron chi connectivity index (χ0n) is 12.5. The number of hydrogen-bond acceptors (Lipinski definition) is 6. The number of carbonyl (C=O) groups is 3. The van der Waals surface area contributed by atoms with Crippen molar-refractivity contribution in [3.05, 3.63) is 29.8 Å². The van der Waals surface area contributed by atoms with Crippen molar-refractivity contribution < 1.29 is 27.5 Å². The Labute approximate surface area is 128 Å². The lowest BCUT2D eigenvalue weighted by atomic mass is 10.0. The van der Waals surface area contributed by atoms with Crippen LogP contribution in [-0.4, -0.2) is 45.0 Å². The molecule has 120 valence electrons. The van der Waals surface area contributed by atoms with Gasteiger partial charge < -0.3 is 10.1 Å². The summed E-state index contributed by atoms with van der Waals surface area (Å²) in [5, 5.41) is 2.39. The lowest BCUT2D eigenvalue weighted by molar-refractivity contribution is -0.141. The molecule has 1 amide bonds. The van der Waals surface area contributed by atoms with E-state index in [4.69, 9.17) is 4.74 Å². The Balaban J connectivity index is 2.97. The number of ketones is 1. The van der Waals surface area contributed by atoms with E-state index in [2.05, 4.69) is 5.32 Å². The fourth-order valence-corrected chi connectivity index (χ4v) is 2.33.